The summed E-state index contributed by atoms with van der Waals surface area (Å²) < 4.78 is 3.64. The zero-order chi connectivity index (χ0) is 23.5. The molecule has 7 heteroatoms. The van der Waals surface area contributed by atoms with Gasteiger partial charge in [-0.15, -0.1) is 0 Å². The quantitative estimate of drug-likeness (QED) is 0.576. The molecule has 1 aliphatic carbocycles. The van der Waals surface area contributed by atoms with Crippen LogP contribution in [0.2, 0.25) is 0 Å². The number of aromatic nitrogens is 4. The van der Waals surface area contributed by atoms with Crippen LogP contribution in [-0.4, -0.2) is 39.5 Å². The first kappa shape index (κ1) is 23.1. The molecule has 0 aromatic carbocycles. The summed E-state index contributed by atoms with van der Waals surface area (Å²) in [5.74, 6) is 1.91. The number of rotatable bonds is 7. The molecule has 3 heterocycles. The maximum absolute atomic E-state index is 13.2. The van der Waals surface area contributed by atoms with Crippen molar-refractivity contribution >= 4 is 11.5 Å². The Morgan fingerprint density at radius 2 is 1.85 bits per heavy atom. The van der Waals surface area contributed by atoms with Crippen LogP contribution < -0.4 is 15.8 Å². The lowest BCUT2D eigenvalue weighted by Gasteiger charge is -2.30. The maximum atomic E-state index is 13.2. The number of aryl methyl sites for hydroxylation is 1. The Bertz CT molecular complexity index is 1120. The number of anilines is 2. The molecule has 3 aromatic heterocycles. The van der Waals surface area contributed by atoms with Crippen LogP contribution in [0.3, 0.4) is 0 Å². The van der Waals surface area contributed by atoms with Gasteiger partial charge in [0.2, 0.25) is 0 Å². The molecule has 4 rings (SSSR count). The number of hydrogen-bond donors (Lipinski definition) is 1. The van der Waals surface area contributed by atoms with Crippen molar-refractivity contribution < 1.29 is 0 Å². The summed E-state index contributed by atoms with van der Waals surface area (Å²) in [7, 11) is 5.93. The molecule has 176 valence electrons. The van der Waals surface area contributed by atoms with Crippen LogP contribution in [-0.2, 0) is 13.6 Å². The fourth-order valence-corrected chi connectivity index (χ4v) is 4.69. The highest BCUT2D eigenvalue weighted by atomic mass is 16.1. The number of nitrogens with zero attached hydrogens (tertiary/aromatic N) is 5. The van der Waals surface area contributed by atoms with Crippen molar-refractivity contribution in [3.05, 3.63) is 58.9 Å². The number of pyridine rings is 2. The van der Waals surface area contributed by atoms with Crippen molar-refractivity contribution in [3.8, 4) is 11.1 Å². The first-order valence-electron chi connectivity index (χ1n) is 11.9. The molecule has 0 amide bonds. The molecule has 1 fully saturated rings. The molecule has 1 N–H and O–H groups in total. The Balaban J connectivity index is 1.49. The summed E-state index contributed by atoms with van der Waals surface area (Å²) in [6, 6.07) is 6.61. The van der Waals surface area contributed by atoms with Crippen molar-refractivity contribution in [1.82, 2.24) is 19.3 Å². The van der Waals surface area contributed by atoms with Crippen LogP contribution in [0.4, 0.5) is 11.5 Å². The van der Waals surface area contributed by atoms with Crippen molar-refractivity contribution in [1.29, 1.82) is 0 Å². The Kier molecular flexibility index (Phi) is 6.86. The Morgan fingerprint density at radius 1 is 1.09 bits per heavy atom. The van der Waals surface area contributed by atoms with Gasteiger partial charge in [-0.2, -0.15) is 5.10 Å². The van der Waals surface area contributed by atoms with Gasteiger partial charge in [0.15, 0.2) is 0 Å². The van der Waals surface area contributed by atoms with Crippen LogP contribution in [0.5, 0.6) is 0 Å². The number of hydrogen-bond acceptors (Lipinski definition) is 5. The van der Waals surface area contributed by atoms with Crippen molar-refractivity contribution in [3.63, 3.8) is 0 Å². The standard InChI is InChI=1S/C26H36N6O/c1-18(2)15-32-17-21(22-14-28-31(5)16-22)12-24(26(32)33)29-23-9-6-19(7-10-23)20-8-11-25(27-13-20)30(3)4/h8,11-14,16-19,23,29H,6-7,9-10,15H2,1-5H3/t19-,23+. The molecule has 0 radical (unpaired) electrons. The first-order chi connectivity index (χ1) is 15.8. The third-order valence-corrected chi connectivity index (χ3v) is 6.47. The molecular formula is C26H36N6O. The zero-order valence-corrected chi connectivity index (χ0v) is 20.5. The van der Waals surface area contributed by atoms with Gasteiger partial charge >= 0.3 is 0 Å². The summed E-state index contributed by atoms with van der Waals surface area (Å²) in [6.45, 7) is 4.97. The summed E-state index contributed by atoms with van der Waals surface area (Å²) in [4.78, 5) is 19.8. The summed E-state index contributed by atoms with van der Waals surface area (Å²) in [5.41, 5.74) is 4.11. The lowest BCUT2D eigenvalue weighted by Crippen LogP contribution is -2.31. The van der Waals surface area contributed by atoms with Gasteiger partial charge in [-0.3, -0.25) is 9.48 Å². The van der Waals surface area contributed by atoms with Gasteiger partial charge in [-0.1, -0.05) is 19.9 Å². The van der Waals surface area contributed by atoms with E-state index in [0.29, 0.717) is 30.1 Å². The van der Waals surface area contributed by atoms with E-state index in [1.54, 1.807) is 4.68 Å². The summed E-state index contributed by atoms with van der Waals surface area (Å²) in [6.07, 6.45) is 12.1. The predicted octanol–water partition coefficient (Wildman–Crippen LogP) is 4.50. The lowest BCUT2D eigenvalue weighted by atomic mass is 9.82. The average Bonchev–Trinajstić information content (AvgIpc) is 3.23. The molecule has 7 nitrogen and oxygen atoms in total. The third kappa shape index (κ3) is 5.46. The van der Waals surface area contributed by atoms with E-state index < -0.39 is 0 Å². The topological polar surface area (TPSA) is 68.0 Å². The van der Waals surface area contributed by atoms with Gasteiger partial charge in [0.1, 0.15) is 11.5 Å². The average molecular weight is 449 g/mol. The van der Waals surface area contributed by atoms with Crippen LogP contribution >= 0.6 is 0 Å². The normalized spacial score (nSPS) is 18.5. The molecule has 0 unspecified atom stereocenters. The van der Waals surface area contributed by atoms with E-state index in [4.69, 9.17) is 0 Å². The highest BCUT2D eigenvalue weighted by molar-refractivity contribution is 5.65. The molecule has 0 spiro atoms. The van der Waals surface area contributed by atoms with Gasteiger partial charge in [-0.25, -0.2) is 4.98 Å². The fourth-order valence-electron chi connectivity index (χ4n) is 4.69. The summed E-state index contributed by atoms with van der Waals surface area (Å²) in [5, 5.41) is 7.90. The number of nitrogens with one attached hydrogen (secondary N) is 1. The van der Waals surface area contributed by atoms with Crippen LogP contribution in [0, 0.1) is 5.92 Å². The van der Waals surface area contributed by atoms with Crippen LogP contribution in [0.25, 0.3) is 11.1 Å². The Labute approximate surface area is 196 Å². The minimum atomic E-state index is 0.0574. The zero-order valence-electron chi connectivity index (χ0n) is 20.5. The van der Waals surface area contributed by atoms with Crippen molar-refractivity contribution in [2.75, 3.05) is 24.3 Å². The van der Waals surface area contributed by atoms with Gasteiger partial charge in [0.25, 0.3) is 5.56 Å². The smallest absolute Gasteiger partial charge is 0.273 e. The Hall–Kier alpha value is -3.09. The molecule has 0 bridgehead atoms. The van der Waals surface area contributed by atoms with Gasteiger partial charge in [0.05, 0.1) is 6.20 Å². The Morgan fingerprint density at radius 3 is 2.42 bits per heavy atom. The van der Waals surface area contributed by atoms with Crippen LogP contribution in [0.1, 0.15) is 51.0 Å². The van der Waals surface area contributed by atoms with Gasteiger partial charge < -0.3 is 14.8 Å². The molecule has 0 saturated heterocycles. The highest BCUT2D eigenvalue weighted by Crippen LogP contribution is 2.34. The largest absolute Gasteiger partial charge is 0.378 e. The second-order valence-corrected chi connectivity index (χ2v) is 9.93. The molecule has 0 aliphatic heterocycles. The van der Waals surface area contributed by atoms with E-state index in [2.05, 4.69) is 41.4 Å². The van der Waals surface area contributed by atoms with Gasteiger partial charge in [-0.05, 0) is 55.2 Å². The monoisotopic (exact) mass is 448 g/mol. The van der Waals surface area contributed by atoms with E-state index >= 15 is 0 Å². The second-order valence-electron chi connectivity index (χ2n) is 9.93. The minimum absolute atomic E-state index is 0.0574. The SMILES string of the molecule is CC(C)Cn1cc(-c2cnn(C)c2)cc(N[C@H]2CC[C@@H](c3ccc(N(C)C)nc3)CC2)c1=O. The third-order valence-electron chi connectivity index (χ3n) is 6.47. The molecule has 3 aromatic rings. The predicted molar refractivity (Wildman–Crippen MR) is 135 cm³/mol. The molecular weight excluding hydrogens is 412 g/mol. The van der Waals surface area contributed by atoms with E-state index in [-0.39, 0.29) is 5.56 Å². The van der Waals surface area contributed by atoms with Gasteiger partial charge in [0, 0.05) is 63.4 Å². The van der Waals surface area contributed by atoms with Crippen molar-refractivity contribution in [2.45, 2.75) is 58.0 Å². The molecule has 33 heavy (non-hydrogen) atoms. The van der Waals surface area contributed by atoms with Crippen LogP contribution in [0.15, 0.2) is 47.8 Å². The minimum Gasteiger partial charge on any atom is -0.378 e. The summed E-state index contributed by atoms with van der Waals surface area (Å²) >= 11 is 0. The lowest BCUT2D eigenvalue weighted by molar-refractivity contribution is 0.411. The molecule has 1 aliphatic rings. The molecule has 0 atom stereocenters. The van der Waals surface area contributed by atoms with Crippen molar-refractivity contribution in [2.24, 2.45) is 13.0 Å². The fraction of sp³-hybridized carbons (Fsp3) is 0.500. The second kappa shape index (κ2) is 9.81. The maximum Gasteiger partial charge on any atom is 0.273 e. The molecule has 1 saturated carbocycles. The van der Waals surface area contributed by atoms with E-state index in [0.717, 1.165) is 42.6 Å². The first-order valence-corrected chi connectivity index (χ1v) is 11.9. The van der Waals surface area contributed by atoms with E-state index in [9.17, 15) is 4.79 Å². The highest BCUT2D eigenvalue weighted by Gasteiger charge is 2.24. The van der Waals surface area contributed by atoms with E-state index in [1.807, 2.05) is 61.5 Å². The van der Waals surface area contributed by atoms with E-state index in [1.165, 1.54) is 5.56 Å².